The second-order valence-corrected chi connectivity index (χ2v) is 6.28. The van der Waals surface area contributed by atoms with Gasteiger partial charge in [-0.3, -0.25) is 4.79 Å². The van der Waals surface area contributed by atoms with E-state index in [2.05, 4.69) is 15.5 Å². The van der Waals surface area contributed by atoms with Gasteiger partial charge in [-0.05, 0) is 54.2 Å². The Kier molecular flexibility index (Phi) is 5.95. The number of azo groups is 1. The van der Waals surface area contributed by atoms with E-state index in [1.54, 1.807) is 42.5 Å². The van der Waals surface area contributed by atoms with Crippen molar-refractivity contribution in [3.63, 3.8) is 0 Å². The van der Waals surface area contributed by atoms with Gasteiger partial charge in [0.15, 0.2) is 6.20 Å². The predicted molar refractivity (Wildman–Crippen MR) is 102 cm³/mol. The first kappa shape index (κ1) is 17.6. The van der Waals surface area contributed by atoms with Crippen LogP contribution in [0.3, 0.4) is 0 Å². The summed E-state index contributed by atoms with van der Waals surface area (Å²) >= 11 is 1.19. The molecular formula is C19H16N4O2S. The highest BCUT2D eigenvalue weighted by atomic mass is 32.2. The molecule has 3 rings (SSSR count). The van der Waals surface area contributed by atoms with Gasteiger partial charge >= 0.3 is 0 Å². The number of hydrogen-bond acceptors (Lipinski definition) is 5. The number of benzene rings is 2. The molecule has 6 nitrogen and oxygen atoms in total. The molecule has 0 saturated carbocycles. The number of rotatable bonds is 6. The van der Waals surface area contributed by atoms with E-state index in [9.17, 15) is 10.0 Å². The number of thioether (sulfide) groups is 1. The van der Waals surface area contributed by atoms with E-state index in [1.807, 2.05) is 30.3 Å². The van der Waals surface area contributed by atoms with Crippen LogP contribution in [-0.4, -0.2) is 11.7 Å². The molecule has 0 radical (unpaired) electrons. The Hall–Kier alpha value is -3.19. The molecule has 0 bridgehead atoms. The normalized spacial score (nSPS) is 10.8. The molecule has 26 heavy (non-hydrogen) atoms. The molecule has 0 aliphatic rings. The SMILES string of the molecule is O=C(CSc1cccc[n+]1[O-])Nc1ccc(N=Nc2ccccc2)cc1. The minimum Gasteiger partial charge on any atom is -0.618 e. The first-order chi connectivity index (χ1) is 12.7. The highest BCUT2D eigenvalue weighted by Gasteiger charge is 2.09. The minimum atomic E-state index is -0.183. The zero-order valence-corrected chi connectivity index (χ0v) is 14.6. The summed E-state index contributed by atoms with van der Waals surface area (Å²) in [7, 11) is 0. The molecular weight excluding hydrogens is 348 g/mol. The molecule has 1 aromatic heterocycles. The van der Waals surface area contributed by atoms with Gasteiger partial charge in [-0.1, -0.05) is 18.2 Å². The van der Waals surface area contributed by atoms with E-state index in [0.29, 0.717) is 16.4 Å². The molecule has 130 valence electrons. The van der Waals surface area contributed by atoms with Gasteiger partial charge < -0.3 is 10.5 Å². The van der Waals surface area contributed by atoms with Gasteiger partial charge in [0.25, 0.3) is 5.03 Å². The van der Waals surface area contributed by atoms with Crippen LogP contribution < -0.4 is 10.0 Å². The number of amides is 1. The van der Waals surface area contributed by atoms with Gasteiger partial charge in [0, 0.05) is 17.8 Å². The quantitative estimate of drug-likeness (QED) is 0.303. The summed E-state index contributed by atoms with van der Waals surface area (Å²) in [6.45, 7) is 0. The van der Waals surface area contributed by atoms with E-state index in [1.165, 1.54) is 18.0 Å². The monoisotopic (exact) mass is 364 g/mol. The molecule has 0 aliphatic heterocycles. The van der Waals surface area contributed by atoms with Crippen LogP contribution in [0.15, 0.2) is 94.2 Å². The van der Waals surface area contributed by atoms with Crippen LogP contribution in [-0.2, 0) is 4.79 Å². The van der Waals surface area contributed by atoms with Crippen molar-refractivity contribution in [1.82, 2.24) is 0 Å². The Balaban J connectivity index is 1.53. The molecule has 0 atom stereocenters. The number of anilines is 1. The molecule has 0 unspecified atom stereocenters. The van der Waals surface area contributed by atoms with E-state index in [0.717, 1.165) is 10.4 Å². The first-order valence-electron chi connectivity index (χ1n) is 7.88. The van der Waals surface area contributed by atoms with Crippen molar-refractivity contribution in [3.05, 3.63) is 84.2 Å². The van der Waals surface area contributed by atoms with Gasteiger partial charge in [-0.25, -0.2) is 0 Å². The summed E-state index contributed by atoms with van der Waals surface area (Å²) in [5, 5.41) is 23.1. The molecule has 0 fully saturated rings. The Morgan fingerprint density at radius 1 is 0.923 bits per heavy atom. The maximum Gasteiger partial charge on any atom is 0.251 e. The van der Waals surface area contributed by atoms with Crippen LogP contribution in [0.2, 0.25) is 0 Å². The highest BCUT2D eigenvalue weighted by Crippen LogP contribution is 2.20. The summed E-state index contributed by atoms with van der Waals surface area (Å²) < 4.78 is 0.741. The molecule has 1 amide bonds. The maximum atomic E-state index is 12.0. The van der Waals surface area contributed by atoms with E-state index in [-0.39, 0.29) is 11.7 Å². The van der Waals surface area contributed by atoms with Crippen molar-refractivity contribution in [1.29, 1.82) is 0 Å². The summed E-state index contributed by atoms with van der Waals surface area (Å²) in [5.74, 6) is -0.0284. The second kappa shape index (κ2) is 8.77. The maximum absolute atomic E-state index is 12.0. The van der Waals surface area contributed by atoms with E-state index >= 15 is 0 Å². The number of aromatic nitrogens is 1. The number of carbonyl (C=O) groups excluding carboxylic acids is 1. The van der Waals surface area contributed by atoms with Crippen molar-refractivity contribution >= 4 is 34.7 Å². The number of pyridine rings is 1. The van der Waals surface area contributed by atoms with Gasteiger partial charge in [0.05, 0.1) is 17.1 Å². The Morgan fingerprint density at radius 2 is 1.58 bits per heavy atom. The zero-order chi connectivity index (χ0) is 18.2. The van der Waals surface area contributed by atoms with Crippen LogP contribution in [0.25, 0.3) is 0 Å². The van der Waals surface area contributed by atoms with Crippen molar-refractivity contribution in [3.8, 4) is 0 Å². The molecule has 2 aromatic carbocycles. The lowest BCUT2D eigenvalue weighted by Gasteiger charge is -2.05. The fourth-order valence-electron chi connectivity index (χ4n) is 2.08. The molecule has 0 spiro atoms. The fraction of sp³-hybridized carbons (Fsp3) is 0.0526. The smallest absolute Gasteiger partial charge is 0.251 e. The number of hydrogen-bond donors (Lipinski definition) is 1. The third kappa shape index (κ3) is 5.15. The van der Waals surface area contributed by atoms with Gasteiger partial charge in [-0.15, -0.1) is 0 Å². The van der Waals surface area contributed by atoms with Gasteiger partial charge in [0.2, 0.25) is 5.91 Å². The molecule has 3 aromatic rings. The molecule has 0 saturated heterocycles. The van der Waals surface area contributed by atoms with E-state index in [4.69, 9.17) is 0 Å². The van der Waals surface area contributed by atoms with Crippen molar-refractivity contribution in [2.24, 2.45) is 10.2 Å². The minimum absolute atomic E-state index is 0.154. The Labute approximate surface area is 155 Å². The lowest BCUT2D eigenvalue weighted by Crippen LogP contribution is -2.28. The fourth-order valence-corrected chi connectivity index (χ4v) is 2.80. The average Bonchev–Trinajstić information content (AvgIpc) is 2.68. The van der Waals surface area contributed by atoms with Crippen LogP contribution in [0.1, 0.15) is 0 Å². The van der Waals surface area contributed by atoms with E-state index < -0.39 is 0 Å². The molecule has 0 aliphatic carbocycles. The van der Waals surface area contributed by atoms with Crippen molar-refractivity contribution < 1.29 is 9.52 Å². The lowest BCUT2D eigenvalue weighted by molar-refractivity contribution is -0.645. The zero-order valence-electron chi connectivity index (χ0n) is 13.8. The highest BCUT2D eigenvalue weighted by molar-refractivity contribution is 7.99. The third-order valence-corrected chi connectivity index (χ3v) is 4.35. The standard InChI is InChI=1S/C19H16N4O2S/c24-18(14-26-19-8-4-5-13-23(19)25)20-15-9-11-17(12-10-15)22-21-16-6-2-1-3-7-16/h1-13H,14H2,(H,20,24). The number of nitrogens with zero attached hydrogens (tertiary/aromatic N) is 3. The largest absolute Gasteiger partial charge is 0.618 e. The summed E-state index contributed by atoms with van der Waals surface area (Å²) in [6, 6.07) is 21.6. The van der Waals surface area contributed by atoms with Crippen LogP contribution >= 0.6 is 11.8 Å². The average molecular weight is 364 g/mol. The van der Waals surface area contributed by atoms with Crippen molar-refractivity contribution in [2.75, 3.05) is 11.1 Å². The molecule has 7 heteroatoms. The number of carbonyl (C=O) groups is 1. The van der Waals surface area contributed by atoms with Crippen molar-refractivity contribution in [2.45, 2.75) is 5.03 Å². The third-order valence-electron chi connectivity index (χ3n) is 3.33. The Bertz CT molecular complexity index is 899. The molecule has 1 heterocycles. The van der Waals surface area contributed by atoms with Gasteiger partial charge in [0.1, 0.15) is 0 Å². The Morgan fingerprint density at radius 3 is 2.27 bits per heavy atom. The van der Waals surface area contributed by atoms with Crippen LogP contribution in [0.5, 0.6) is 0 Å². The summed E-state index contributed by atoms with van der Waals surface area (Å²) in [6.07, 6.45) is 1.41. The van der Waals surface area contributed by atoms with Crippen LogP contribution in [0, 0.1) is 5.21 Å². The number of nitrogens with one attached hydrogen (secondary N) is 1. The summed E-state index contributed by atoms with van der Waals surface area (Å²) in [5.41, 5.74) is 2.13. The second-order valence-electron chi connectivity index (χ2n) is 5.28. The van der Waals surface area contributed by atoms with Gasteiger partial charge in [-0.2, -0.15) is 15.0 Å². The molecule has 1 N–H and O–H groups in total. The van der Waals surface area contributed by atoms with Crippen LogP contribution in [0.4, 0.5) is 17.1 Å². The topological polar surface area (TPSA) is 80.8 Å². The first-order valence-corrected chi connectivity index (χ1v) is 8.87. The predicted octanol–water partition coefficient (Wildman–Crippen LogP) is 4.47. The summed E-state index contributed by atoms with van der Waals surface area (Å²) in [4.78, 5) is 12.0. The lowest BCUT2D eigenvalue weighted by atomic mass is 10.3.